The van der Waals surface area contributed by atoms with Crippen LogP contribution in [0.25, 0.3) is 0 Å². The summed E-state index contributed by atoms with van der Waals surface area (Å²) in [7, 11) is 0. The van der Waals surface area contributed by atoms with Gasteiger partial charge < -0.3 is 27.3 Å². The Morgan fingerprint density at radius 2 is 1.44 bits per heavy atom. The van der Waals surface area contributed by atoms with E-state index in [-0.39, 0.29) is 42.5 Å². The molecule has 0 aromatic heterocycles. The first-order chi connectivity index (χ1) is 2.27. The molecule has 0 rings (SSSR count). The van der Waals surface area contributed by atoms with E-state index < -0.39 is 5.97 Å². The maximum atomic E-state index is 9.24. The molecule has 0 heterocycles. The topological polar surface area (TPSA) is 158 Å². The molecular weight excluding hydrogens is 183 g/mol. The molecule has 0 atom stereocenters. The van der Waals surface area contributed by atoms with Crippen LogP contribution in [-0.2, 0) is 24.3 Å². The minimum absolute atomic E-state index is 0. The van der Waals surface area contributed by atoms with Gasteiger partial charge in [-0.3, -0.25) is 4.79 Å². The van der Waals surface area contributed by atoms with Gasteiger partial charge in [0.1, 0.15) is 0 Å². The Morgan fingerprint density at radius 1 is 1.33 bits per heavy atom. The number of hydrogen-bond acceptors (Lipinski definition) is 2. The van der Waals surface area contributed by atoms with Crippen LogP contribution < -0.4 is 5.73 Å². The first-order valence-corrected chi connectivity index (χ1v) is 1.19. The molecule has 0 radical (unpaired) electrons. The molecule has 0 aliphatic heterocycles. The third-order valence-electron chi connectivity index (χ3n) is 0.175. The summed E-state index contributed by atoms with van der Waals surface area (Å²) in [5, 5.41) is 7.60. The molecule has 0 amide bonds. The van der Waals surface area contributed by atoms with E-state index in [1.807, 2.05) is 0 Å². The molecular formula is C2H11NO5Zn. The fourth-order valence-electron chi connectivity index (χ4n) is 0. The van der Waals surface area contributed by atoms with Gasteiger partial charge in [-0.2, -0.15) is 0 Å². The number of rotatable bonds is 1. The second kappa shape index (κ2) is 24.6. The van der Waals surface area contributed by atoms with Crippen molar-refractivity contribution < 1.29 is 45.8 Å². The number of nitrogens with two attached hydrogens (primary N) is 1. The number of aliphatic carboxylic acids is 1. The third kappa shape index (κ3) is 74.7. The van der Waals surface area contributed by atoms with Crippen molar-refractivity contribution in [2.45, 2.75) is 0 Å². The standard InChI is InChI=1S/C2H5NO2.3H2O.Zn/c3-1-2(4)5;;;;/h1,3H2,(H,4,5);3*1H2;. The average molecular weight is 195 g/mol. The fraction of sp³-hybridized carbons (Fsp3) is 0.500. The third-order valence-corrected chi connectivity index (χ3v) is 0.175. The van der Waals surface area contributed by atoms with Crippen molar-refractivity contribution in [3.8, 4) is 0 Å². The molecule has 9 N–H and O–H groups in total. The van der Waals surface area contributed by atoms with Crippen LogP contribution in [0, 0.1) is 0 Å². The summed E-state index contributed by atoms with van der Waals surface area (Å²) in [6.07, 6.45) is 0. The normalized spacial score (nSPS) is 4.11. The van der Waals surface area contributed by atoms with Gasteiger partial charge in [0, 0.05) is 19.5 Å². The summed E-state index contributed by atoms with van der Waals surface area (Å²) in [5.74, 6) is -0.968. The SMILES string of the molecule is NCC(=O)O.O.O.O.[Zn]. The minimum Gasteiger partial charge on any atom is -0.480 e. The van der Waals surface area contributed by atoms with Gasteiger partial charge in [-0.15, -0.1) is 0 Å². The molecule has 9 heavy (non-hydrogen) atoms. The van der Waals surface area contributed by atoms with Gasteiger partial charge >= 0.3 is 5.97 Å². The van der Waals surface area contributed by atoms with Gasteiger partial charge in [-0.1, -0.05) is 0 Å². The van der Waals surface area contributed by atoms with Gasteiger partial charge in [0.2, 0.25) is 0 Å². The van der Waals surface area contributed by atoms with Crippen LogP contribution >= 0.6 is 0 Å². The monoisotopic (exact) mass is 193 g/mol. The molecule has 56 valence electrons. The molecule has 0 fully saturated rings. The summed E-state index contributed by atoms with van der Waals surface area (Å²) in [6.45, 7) is -0.278. The van der Waals surface area contributed by atoms with E-state index in [1.54, 1.807) is 0 Å². The Bertz CT molecular complexity index is 50.2. The van der Waals surface area contributed by atoms with Crippen molar-refractivity contribution >= 4 is 5.97 Å². The number of carboxylic acids is 1. The summed E-state index contributed by atoms with van der Waals surface area (Å²) >= 11 is 0. The molecule has 0 aromatic rings. The Labute approximate surface area is 64.7 Å². The molecule has 0 aromatic carbocycles. The van der Waals surface area contributed by atoms with Crippen LogP contribution in [0.2, 0.25) is 0 Å². The summed E-state index contributed by atoms with van der Waals surface area (Å²) in [6, 6.07) is 0. The summed E-state index contributed by atoms with van der Waals surface area (Å²) in [5.41, 5.74) is 4.57. The zero-order valence-electron chi connectivity index (χ0n) is 4.85. The molecule has 0 saturated carbocycles. The molecule has 0 unspecified atom stereocenters. The van der Waals surface area contributed by atoms with Crippen molar-refractivity contribution in [2.75, 3.05) is 6.54 Å². The first-order valence-electron chi connectivity index (χ1n) is 1.19. The van der Waals surface area contributed by atoms with Crippen LogP contribution in [0.4, 0.5) is 0 Å². The van der Waals surface area contributed by atoms with Crippen molar-refractivity contribution in [3.05, 3.63) is 0 Å². The molecule has 7 heteroatoms. The average Bonchev–Trinajstić information content (AvgIpc) is 1.38. The molecule has 0 spiro atoms. The van der Waals surface area contributed by atoms with Crippen molar-refractivity contribution in [3.63, 3.8) is 0 Å². The van der Waals surface area contributed by atoms with E-state index in [1.165, 1.54) is 0 Å². The second-order valence-corrected chi connectivity index (χ2v) is 0.598. The fourth-order valence-corrected chi connectivity index (χ4v) is 0. The van der Waals surface area contributed by atoms with Crippen LogP contribution in [0.3, 0.4) is 0 Å². The molecule has 0 saturated heterocycles. The summed E-state index contributed by atoms with van der Waals surface area (Å²) < 4.78 is 0. The van der Waals surface area contributed by atoms with Crippen molar-refractivity contribution in [1.29, 1.82) is 0 Å². The number of carboxylic acid groups (broad SMARTS) is 1. The smallest absolute Gasteiger partial charge is 0.317 e. The van der Waals surface area contributed by atoms with E-state index in [4.69, 9.17) is 5.11 Å². The predicted molar refractivity (Wildman–Crippen MR) is 27.5 cm³/mol. The minimum atomic E-state index is -0.968. The number of hydrogen-bond donors (Lipinski definition) is 2. The maximum Gasteiger partial charge on any atom is 0.317 e. The van der Waals surface area contributed by atoms with Gasteiger partial charge in [0.15, 0.2) is 0 Å². The van der Waals surface area contributed by atoms with E-state index in [0.29, 0.717) is 0 Å². The van der Waals surface area contributed by atoms with Gasteiger partial charge in [0.25, 0.3) is 0 Å². The van der Waals surface area contributed by atoms with Crippen LogP contribution in [-0.4, -0.2) is 34.0 Å². The predicted octanol–water partition coefficient (Wildman–Crippen LogP) is -3.45. The number of carbonyl (C=O) groups is 1. The molecule has 0 aliphatic carbocycles. The largest absolute Gasteiger partial charge is 0.480 e. The zero-order valence-corrected chi connectivity index (χ0v) is 7.81. The summed E-state index contributed by atoms with van der Waals surface area (Å²) in [4.78, 5) is 9.24. The van der Waals surface area contributed by atoms with Crippen molar-refractivity contribution in [1.82, 2.24) is 0 Å². The van der Waals surface area contributed by atoms with Crippen LogP contribution in [0.5, 0.6) is 0 Å². The van der Waals surface area contributed by atoms with Crippen molar-refractivity contribution in [2.24, 2.45) is 5.73 Å². The van der Waals surface area contributed by atoms with Gasteiger partial charge in [0.05, 0.1) is 6.54 Å². The van der Waals surface area contributed by atoms with E-state index >= 15 is 0 Å². The van der Waals surface area contributed by atoms with Crippen LogP contribution in [0.1, 0.15) is 0 Å². The Hall–Kier alpha value is -0.0666. The Kier molecular flexibility index (Phi) is 99.5. The van der Waals surface area contributed by atoms with Gasteiger partial charge in [-0.25, -0.2) is 0 Å². The van der Waals surface area contributed by atoms with E-state index in [0.717, 1.165) is 0 Å². The van der Waals surface area contributed by atoms with Gasteiger partial charge in [-0.05, 0) is 0 Å². The quantitative estimate of drug-likeness (QED) is 0.416. The zero-order chi connectivity index (χ0) is 4.28. The molecule has 6 nitrogen and oxygen atoms in total. The van der Waals surface area contributed by atoms with Crippen LogP contribution in [0.15, 0.2) is 0 Å². The maximum absolute atomic E-state index is 9.24. The Morgan fingerprint density at radius 3 is 1.44 bits per heavy atom. The first kappa shape index (κ1) is 36.3. The Balaban J connectivity index is -0.0000000133. The van der Waals surface area contributed by atoms with E-state index in [2.05, 4.69) is 5.73 Å². The van der Waals surface area contributed by atoms with E-state index in [9.17, 15) is 4.79 Å². The molecule has 0 aliphatic rings. The second-order valence-electron chi connectivity index (χ2n) is 0.598. The molecule has 0 bridgehead atoms.